The number of nitrogens with zero attached hydrogens (tertiary/aromatic N) is 2. The van der Waals surface area contributed by atoms with E-state index in [1.54, 1.807) is 19.1 Å². The zero-order chi connectivity index (χ0) is 22.9. The summed E-state index contributed by atoms with van der Waals surface area (Å²) in [6, 6.07) is 11.2. The van der Waals surface area contributed by atoms with Crippen molar-refractivity contribution in [2.75, 3.05) is 23.3 Å². The van der Waals surface area contributed by atoms with Crippen LogP contribution in [0.1, 0.15) is 5.56 Å². The van der Waals surface area contributed by atoms with Crippen molar-refractivity contribution >= 4 is 33.3 Å². The summed E-state index contributed by atoms with van der Waals surface area (Å²) in [5, 5.41) is 12.8. The number of hydrogen-bond acceptors (Lipinski definition) is 7. The molecule has 0 aliphatic carbocycles. The first-order valence-electron chi connectivity index (χ1n) is 9.68. The third kappa shape index (κ3) is 4.83. The first-order chi connectivity index (χ1) is 15.2. The van der Waals surface area contributed by atoms with Gasteiger partial charge in [0.15, 0.2) is 5.03 Å². The van der Waals surface area contributed by atoms with Gasteiger partial charge in [-0.2, -0.15) is 8.42 Å². The Hall–Kier alpha value is -2.79. The molecule has 0 spiro atoms. The normalized spacial score (nSPS) is 18.5. The summed E-state index contributed by atoms with van der Waals surface area (Å²) in [5.74, 6) is -0.170. The number of aromatic nitrogens is 2. The number of hydrogen-bond donors (Lipinski definition) is 3. The fraction of sp³-hybridized carbons (Fsp3) is 0.238. The van der Waals surface area contributed by atoms with E-state index < -0.39 is 21.9 Å². The van der Waals surface area contributed by atoms with Crippen molar-refractivity contribution in [3.05, 3.63) is 64.9 Å². The van der Waals surface area contributed by atoms with Gasteiger partial charge in [0.2, 0.25) is 0 Å². The Balaban J connectivity index is 1.60. The lowest BCUT2D eigenvalue weighted by atomic mass is 10.0. The van der Waals surface area contributed by atoms with Gasteiger partial charge in [0.05, 0.1) is 36.1 Å². The maximum Gasteiger partial charge on any atom is 0.280 e. The molecule has 1 aromatic carbocycles. The smallest absolute Gasteiger partial charge is 0.280 e. The molecule has 3 heterocycles. The Morgan fingerprint density at radius 3 is 2.69 bits per heavy atom. The van der Waals surface area contributed by atoms with Gasteiger partial charge in [0.25, 0.3) is 10.0 Å². The Morgan fingerprint density at radius 1 is 1.12 bits per heavy atom. The van der Waals surface area contributed by atoms with Gasteiger partial charge < -0.3 is 15.2 Å². The molecule has 32 heavy (non-hydrogen) atoms. The third-order valence-corrected chi connectivity index (χ3v) is 6.48. The van der Waals surface area contributed by atoms with E-state index >= 15 is 0 Å². The highest BCUT2D eigenvalue weighted by Gasteiger charge is 2.27. The largest absolute Gasteiger partial charge is 0.388 e. The second kappa shape index (κ2) is 8.99. The number of nitrogens with one attached hydrogen (secondary N) is 2. The number of anilines is 2. The zero-order valence-corrected chi connectivity index (χ0v) is 18.5. The monoisotopic (exact) mass is 478 g/mol. The SMILES string of the molecule is Cc1ccc(F)cc1-c1nc(NS(=O)(=O)c2cccc(NC3COC[C@H]3O)n2)ccc1Cl. The summed E-state index contributed by atoms with van der Waals surface area (Å²) >= 11 is 6.24. The molecular formula is C21H20ClFN4O4S. The number of aryl methyl sites for hydroxylation is 1. The summed E-state index contributed by atoms with van der Waals surface area (Å²) in [5.41, 5.74) is 1.44. The molecule has 1 fully saturated rings. The van der Waals surface area contributed by atoms with Crippen molar-refractivity contribution in [1.82, 2.24) is 9.97 Å². The number of pyridine rings is 2. The number of aliphatic hydroxyl groups excluding tert-OH is 1. The lowest BCUT2D eigenvalue weighted by Gasteiger charge is -2.16. The fourth-order valence-electron chi connectivity index (χ4n) is 3.24. The highest BCUT2D eigenvalue weighted by Crippen LogP contribution is 2.31. The van der Waals surface area contributed by atoms with E-state index in [2.05, 4.69) is 20.0 Å². The number of rotatable bonds is 6. The molecule has 0 bridgehead atoms. The van der Waals surface area contributed by atoms with Crippen molar-refractivity contribution in [3.63, 3.8) is 0 Å². The second-order valence-electron chi connectivity index (χ2n) is 7.31. The van der Waals surface area contributed by atoms with Crippen LogP contribution in [-0.4, -0.2) is 48.9 Å². The molecule has 3 N–H and O–H groups in total. The molecule has 1 unspecified atom stereocenters. The molecule has 3 aromatic rings. The van der Waals surface area contributed by atoms with Crippen LogP contribution in [0.25, 0.3) is 11.3 Å². The zero-order valence-electron chi connectivity index (χ0n) is 16.9. The highest BCUT2D eigenvalue weighted by molar-refractivity contribution is 7.92. The predicted octanol–water partition coefficient (Wildman–Crippen LogP) is 3.22. The van der Waals surface area contributed by atoms with E-state index in [1.165, 1.54) is 36.4 Å². The van der Waals surface area contributed by atoms with Crippen molar-refractivity contribution in [3.8, 4) is 11.3 Å². The molecule has 1 aliphatic rings. The average molecular weight is 479 g/mol. The van der Waals surface area contributed by atoms with Crippen LogP contribution in [0.4, 0.5) is 16.0 Å². The number of sulfonamides is 1. The van der Waals surface area contributed by atoms with Crippen LogP contribution in [0.5, 0.6) is 0 Å². The van der Waals surface area contributed by atoms with Crippen LogP contribution < -0.4 is 10.0 Å². The second-order valence-corrected chi connectivity index (χ2v) is 9.34. The summed E-state index contributed by atoms with van der Waals surface area (Å²) in [6.07, 6.45) is -0.710. The molecular weight excluding hydrogens is 459 g/mol. The lowest BCUT2D eigenvalue weighted by molar-refractivity contribution is 0.125. The minimum Gasteiger partial charge on any atom is -0.388 e. The molecule has 0 amide bonds. The number of halogens is 2. The standard InChI is InChI=1S/C21H20ClFN4O4S/c1-12-5-6-13(23)9-14(12)21-15(22)7-8-19(26-21)27-32(29,30)20-4-2-3-18(25-20)24-16-10-31-11-17(16)28/h2-9,16-17,28H,10-11H2,1H3,(H,24,25)(H,26,27)/t16?,17-/m1/s1. The van der Waals surface area contributed by atoms with Gasteiger partial charge in [-0.25, -0.2) is 14.4 Å². The predicted molar refractivity (Wildman–Crippen MR) is 119 cm³/mol. The Labute approximate surface area is 189 Å². The average Bonchev–Trinajstić information content (AvgIpc) is 3.16. The van der Waals surface area contributed by atoms with Crippen molar-refractivity contribution in [2.45, 2.75) is 24.1 Å². The Kier molecular flexibility index (Phi) is 6.29. The maximum absolute atomic E-state index is 13.7. The van der Waals surface area contributed by atoms with Gasteiger partial charge in [-0.3, -0.25) is 4.72 Å². The fourth-order valence-corrected chi connectivity index (χ4v) is 4.42. The van der Waals surface area contributed by atoms with E-state index in [0.29, 0.717) is 5.56 Å². The van der Waals surface area contributed by atoms with Crippen LogP contribution in [-0.2, 0) is 14.8 Å². The molecule has 1 aliphatic heterocycles. The van der Waals surface area contributed by atoms with Crippen molar-refractivity contribution < 1.29 is 22.7 Å². The van der Waals surface area contributed by atoms with Crippen LogP contribution in [0.3, 0.4) is 0 Å². The Bertz CT molecular complexity index is 1260. The number of aliphatic hydroxyl groups is 1. The summed E-state index contributed by atoms with van der Waals surface area (Å²) in [6.45, 7) is 2.26. The summed E-state index contributed by atoms with van der Waals surface area (Å²) < 4.78 is 47.1. The van der Waals surface area contributed by atoms with Gasteiger partial charge >= 0.3 is 0 Å². The Morgan fingerprint density at radius 2 is 1.94 bits per heavy atom. The molecule has 8 nitrogen and oxygen atoms in total. The van der Waals surface area contributed by atoms with Crippen molar-refractivity contribution in [2.24, 2.45) is 0 Å². The van der Waals surface area contributed by atoms with E-state index in [-0.39, 0.29) is 46.6 Å². The van der Waals surface area contributed by atoms with Crippen molar-refractivity contribution in [1.29, 1.82) is 0 Å². The van der Waals surface area contributed by atoms with Crippen LogP contribution in [0.15, 0.2) is 53.6 Å². The van der Waals surface area contributed by atoms with Gasteiger partial charge in [-0.05, 0) is 48.9 Å². The molecule has 0 saturated carbocycles. The molecule has 168 valence electrons. The highest BCUT2D eigenvalue weighted by atomic mass is 35.5. The minimum absolute atomic E-state index is 0.00726. The van der Waals surface area contributed by atoms with Crippen LogP contribution >= 0.6 is 11.6 Å². The van der Waals surface area contributed by atoms with Gasteiger partial charge in [-0.1, -0.05) is 23.7 Å². The van der Waals surface area contributed by atoms with Gasteiger partial charge in [0.1, 0.15) is 17.5 Å². The maximum atomic E-state index is 13.7. The molecule has 2 aromatic heterocycles. The summed E-state index contributed by atoms with van der Waals surface area (Å²) in [7, 11) is -4.09. The molecule has 2 atom stereocenters. The van der Waals surface area contributed by atoms with Gasteiger partial charge in [-0.15, -0.1) is 0 Å². The molecule has 4 rings (SSSR count). The first-order valence-corrected chi connectivity index (χ1v) is 11.5. The quantitative estimate of drug-likeness (QED) is 0.498. The molecule has 11 heteroatoms. The molecule has 1 saturated heterocycles. The summed E-state index contributed by atoms with van der Waals surface area (Å²) in [4.78, 5) is 8.42. The van der Waals surface area contributed by atoms with E-state index in [4.69, 9.17) is 16.3 Å². The molecule has 0 radical (unpaired) electrons. The first kappa shape index (κ1) is 22.4. The van der Waals surface area contributed by atoms with Crippen LogP contribution in [0, 0.1) is 12.7 Å². The van der Waals surface area contributed by atoms with Gasteiger partial charge in [0, 0.05) is 5.56 Å². The van der Waals surface area contributed by atoms with E-state index in [1.807, 2.05) is 0 Å². The van der Waals surface area contributed by atoms with Crippen LogP contribution in [0.2, 0.25) is 5.02 Å². The number of ether oxygens (including phenoxy) is 1. The third-order valence-electron chi connectivity index (χ3n) is 4.92. The topological polar surface area (TPSA) is 113 Å². The number of benzene rings is 1. The minimum atomic E-state index is -4.09. The lowest BCUT2D eigenvalue weighted by Crippen LogP contribution is -2.32. The van der Waals surface area contributed by atoms with E-state index in [9.17, 15) is 17.9 Å². The van der Waals surface area contributed by atoms with E-state index in [0.717, 1.165) is 5.56 Å².